The fraction of sp³-hybridized carbons (Fsp3) is 0.680. The number of nitrogens with zero attached hydrogens (tertiary/aromatic N) is 3. The quantitative estimate of drug-likeness (QED) is 0.606. The van der Waals surface area contributed by atoms with E-state index in [1.165, 1.54) is 0 Å². The number of carbonyl (C=O) groups is 2. The van der Waals surface area contributed by atoms with E-state index >= 15 is 0 Å². The largest absolute Gasteiger partial charge is 0.449 e. The number of piperazine rings is 1. The van der Waals surface area contributed by atoms with Crippen LogP contribution in [0.4, 0.5) is 21.0 Å². The second-order valence-electron chi connectivity index (χ2n) is 11.1. The van der Waals surface area contributed by atoms with Crippen LogP contribution in [0.5, 0.6) is 0 Å². The normalized spacial score (nSPS) is 15.0. The van der Waals surface area contributed by atoms with Gasteiger partial charge in [0.05, 0.1) is 18.0 Å². The first-order valence-electron chi connectivity index (χ1n) is 11.5. The van der Waals surface area contributed by atoms with E-state index < -0.39 is 5.60 Å². The van der Waals surface area contributed by atoms with Crippen LogP contribution in [0.25, 0.3) is 0 Å². The predicted molar refractivity (Wildman–Crippen MR) is 129 cm³/mol. The summed E-state index contributed by atoms with van der Waals surface area (Å²) in [5.41, 5.74) is 1.21. The first kappa shape index (κ1) is 25.8. The van der Waals surface area contributed by atoms with E-state index in [1.54, 1.807) is 9.80 Å². The number of carbonyl (C=O) groups excluding carboxylic acids is 2. The van der Waals surface area contributed by atoms with Crippen LogP contribution in [0, 0.1) is 11.3 Å². The molecule has 0 aliphatic carbocycles. The van der Waals surface area contributed by atoms with Crippen molar-refractivity contribution in [1.29, 1.82) is 0 Å². The fourth-order valence-corrected chi connectivity index (χ4v) is 3.41. The summed E-state index contributed by atoms with van der Waals surface area (Å²) in [6, 6.07) is 7.92. The van der Waals surface area contributed by atoms with Crippen LogP contribution in [-0.4, -0.2) is 62.0 Å². The van der Waals surface area contributed by atoms with Crippen molar-refractivity contribution < 1.29 is 19.1 Å². The van der Waals surface area contributed by atoms with E-state index in [0.717, 1.165) is 11.4 Å². The van der Waals surface area contributed by atoms with Gasteiger partial charge in [-0.2, -0.15) is 0 Å². The summed E-state index contributed by atoms with van der Waals surface area (Å²) in [4.78, 5) is 31.2. The highest BCUT2D eigenvalue weighted by atomic mass is 16.6. The molecule has 1 heterocycles. The Hall–Kier alpha value is -2.44. The van der Waals surface area contributed by atoms with Crippen molar-refractivity contribution in [3.05, 3.63) is 24.3 Å². The first-order valence-corrected chi connectivity index (χ1v) is 11.5. The van der Waals surface area contributed by atoms with Gasteiger partial charge in [-0.15, -0.1) is 0 Å². The minimum atomic E-state index is -0.508. The lowest BCUT2D eigenvalue weighted by atomic mass is 9.99. The SMILES string of the molecule is CC(C)CN(C(=O)OCC(C)(C)C)c1ccccc1N1CCN(C(=O)OC(C)(C)C)CC1. The maximum atomic E-state index is 13.1. The van der Waals surface area contributed by atoms with Crippen molar-refractivity contribution in [2.45, 2.75) is 61.0 Å². The Kier molecular flexibility index (Phi) is 8.43. The molecule has 32 heavy (non-hydrogen) atoms. The number of hydrogen-bond donors (Lipinski definition) is 0. The smallest absolute Gasteiger partial charge is 0.414 e. The summed E-state index contributed by atoms with van der Waals surface area (Å²) in [7, 11) is 0. The van der Waals surface area contributed by atoms with Crippen molar-refractivity contribution in [1.82, 2.24) is 4.90 Å². The second-order valence-corrected chi connectivity index (χ2v) is 11.1. The van der Waals surface area contributed by atoms with Gasteiger partial charge in [-0.3, -0.25) is 4.90 Å². The number of ether oxygens (including phenoxy) is 2. The predicted octanol–water partition coefficient (Wildman–Crippen LogP) is 5.39. The molecule has 1 saturated heterocycles. The Morgan fingerprint density at radius 2 is 1.59 bits per heavy atom. The molecular weight excluding hydrogens is 406 g/mol. The van der Waals surface area contributed by atoms with Crippen LogP contribution in [0.1, 0.15) is 55.4 Å². The molecule has 0 saturated carbocycles. The third-order valence-corrected chi connectivity index (χ3v) is 4.84. The van der Waals surface area contributed by atoms with Gasteiger partial charge in [0.2, 0.25) is 0 Å². The average Bonchev–Trinajstić information content (AvgIpc) is 2.68. The van der Waals surface area contributed by atoms with Crippen LogP contribution >= 0.6 is 0 Å². The van der Waals surface area contributed by atoms with Gasteiger partial charge in [0.15, 0.2) is 0 Å². The van der Waals surface area contributed by atoms with Gasteiger partial charge in [-0.05, 0) is 44.2 Å². The number of para-hydroxylation sites is 2. The minimum absolute atomic E-state index is 0.101. The monoisotopic (exact) mass is 447 g/mol. The summed E-state index contributed by atoms with van der Waals surface area (Å²) < 4.78 is 11.2. The molecule has 0 radical (unpaired) electrons. The molecule has 1 aliphatic rings. The Morgan fingerprint density at radius 3 is 2.12 bits per heavy atom. The van der Waals surface area contributed by atoms with E-state index in [-0.39, 0.29) is 23.5 Å². The van der Waals surface area contributed by atoms with Crippen LogP contribution in [0.3, 0.4) is 0 Å². The van der Waals surface area contributed by atoms with Gasteiger partial charge in [0, 0.05) is 32.7 Å². The lowest BCUT2D eigenvalue weighted by Crippen LogP contribution is -2.50. The number of benzene rings is 1. The lowest BCUT2D eigenvalue weighted by Gasteiger charge is -2.38. The Labute approximate surface area is 193 Å². The summed E-state index contributed by atoms with van der Waals surface area (Å²) in [5, 5.41) is 0. The third kappa shape index (κ3) is 7.92. The third-order valence-electron chi connectivity index (χ3n) is 4.84. The van der Waals surface area contributed by atoms with Crippen LogP contribution < -0.4 is 9.80 Å². The maximum absolute atomic E-state index is 13.1. The van der Waals surface area contributed by atoms with Gasteiger partial charge in [-0.1, -0.05) is 46.8 Å². The molecule has 1 fully saturated rings. The topological polar surface area (TPSA) is 62.3 Å². The standard InChI is InChI=1S/C25H41N3O4/c1-19(2)17-28(23(30)31-18-24(3,4)5)21-12-10-9-11-20(21)26-13-15-27(16-14-26)22(29)32-25(6,7)8/h9-12,19H,13-18H2,1-8H3. The van der Waals surface area contributed by atoms with Gasteiger partial charge in [0.25, 0.3) is 0 Å². The molecule has 0 atom stereocenters. The molecule has 1 aromatic carbocycles. The number of anilines is 2. The molecular formula is C25H41N3O4. The Balaban J connectivity index is 2.17. The molecule has 2 amide bonds. The molecule has 0 bridgehead atoms. The summed E-state index contributed by atoms with van der Waals surface area (Å²) >= 11 is 0. The highest BCUT2D eigenvalue weighted by Crippen LogP contribution is 2.32. The molecule has 180 valence electrons. The van der Waals surface area contributed by atoms with Crippen LogP contribution in [0.2, 0.25) is 0 Å². The van der Waals surface area contributed by atoms with E-state index in [0.29, 0.717) is 39.3 Å². The molecule has 1 aliphatic heterocycles. The van der Waals surface area contributed by atoms with Gasteiger partial charge < -0.3 is 19.3 Å². The van der Waals surface area contributed by atoms with E-state index in [1.807, 2.05) is 65.8 Å². The zero-order chi connectivity index (χ0) is 24.1. The van der Waals surface area contributed by atoms with Crippen LogP contribution in [-0.2, 0) is 9.47 Å². The molecule has 0 aromatic heterocycles. The molecule has 0 N–H and O–H groups in total. The highest BCUT2D eigenvalue weighted by Gasteiger charge is 2.29. The van der Waals surface area contributed by atoms with E-state index in [4.69, 9.17) is 9.47 Å². The second kappa shape index (κ2) is 10.5. The molecule has 1 aromatic rings. The van der Waals surface area contributed by atoms with Crippen molar-refractivity contribution in [2.24, 2.45) is 11.3 Å². The first-order chi connectivity index (χ1) is 14.8. The van der Waals surface area contributed by atoms with Crippen molar-refractivity contribution in [2.75, 3.05) is 49.1 Å². The molecule has 7 nitrogen and oxygen atoms in total. The lowest BCUT2D eigenvalue weighted by molar-refractivity contribution is 0.0240. The minimum Gasteiger partial charge on any atom is -0.449 e. The molecule has 0 spiro atoms. The van der Waals surface area contributed by atoms with Gasteiger partial charge >= 0.3 is 12.2 Å². The average molecular weight is 448 g/mol. The zero-order valence-electron chi connectivity index (χ0n) is 21.1. The molecule has 7 heteroatoms. The fourth-order valence-electron chi connectivity index (χ4n) is 3.41. The summed E-state index contributed by atoms with van der Waals surface area (Å²) in [5.74, 6) is 0.286. The maximum Gasteiger partial charge on any atom is 0.414 e. The van der Waals surface area contributed by atoms with Crippen molar-refractivity contribution in [3.63, 3.8) is 0 Å². The van der Waals surface area contributed by atoms with Gasteiger partial charge in [-0.25, -0.2) is 9.59 Å². The summed E-state index contributed by atoms with van der Waals surface area (Å²) in [6.45, 7) is 19.4. The van der Waals surface area contributed by atoms with Crippen molar-refractivity contribution in [3.8, 4) is 0 Å². The van der Waals surface area contributed by atoms with E-state index in [9.17, 15) is 9.59 Å². The van der Waals surface area contributed by atoms with Crippen molar-refractivity contribution >= 4 is 23.6 Å². The number of hydrogen-bond acceptors (Lipinski definition) is 5. The van der Waals surface area contributed by atoms with Gasteiger partial charge in [0.1, 0.15) is 5.60 Å². The number of rotatable bonds is 5. The zero-order valence-corrected chi connectivity index (χ0v) is 21.1. The van der Waals surface area contributed by atoms with Crippen LogP contribution in [0.15, 0.2) is 24.3 Å². The molecule has 2 rings (SSSR count). The Bertz CT molecular complexity index is 772. The Morgan fingerprint density at radius 1 is 1.00 bits per heavy atom. The summed E-state index contributed by atoms with van der Waals surface area (Å²) in [6.07, 6.45) is -0.605. The molecule has 0 unspecified atom stereocenters. The van der Waals surface area contributed by atoms with E-state index in [2.05, 4.69) is 18.7 Å². The highest BCUT2D eigenvalue weighted by molar-refractivity contribution is 5.92. The number of amides is 2.